The van der Waals surface area contributed by atoms with E-state index in [1.165, 1.54) is 24.0 Å². The molecule has 4 aromatic rings. The van der Waals surface area contributed by atoms with Gasteiger partial charge in [0.1, 0.15) is 17.8 Å². The summed E-state index contributed by atoms with van der Waals surface area (Å²) in [4.78, 5) is 20.5. The van der Waals surface area contributed by atoms with Crippen molar-refractivity contribution in [3.63, 3.8) is 0 Å². The fourth-order valence-corrected chi connectivity index (χ4v) is 3.37. The van der Waals surface area contributed by atoms with Crippen LogP contribution in [0.2, 0.25) is 0 Å². The molecule has 3 heterocycles. The van der Waals surface area contributed by atoms with Crippen molar-refractivity contribution in [1.29, 1.82) is 0 Å². The van der Waals surface area contributed by atoms with Crippen molar-refractivity contribution in [2.45, 2.75) is 19.6 Å². The molecule has 1 amide bonds. The molecule has 0 spiro atoms. The molecule has 160 valence electrons. The molecule has 0 aliphatic carbocycles. The molecule has 13 heteroatoms. The molecule has 31 heavy (non-hydrogen) atoms. The molecule has 8 nitrogen and oxygen atoms in total. The molecule has 0 aliphatic heterocycles. The molecular formula is C18H12BrF4N7O. The van der Waals surface area contributed by atoms with Crippen molar-refractivity contribution in [3.05, 3.63) is 69.6 Å². The molecule has 4 rings (SSSR count). The van der Waals surface area contributed by atoms with Crippen molar-refractivity contribution in [2.75, 3.05) is 5.32 Å². The Labute approximate surface area is 180 Å². The lowest BCUT2D eigenvalue weighted by Gasteiger charge is -2.09. The number of hydrogen-bond donors (Lipinski definition) is 1. The Kier molecular flexibility index (Phi) is 5.21. The van der Waals surface area contributed by atoms with Crippen LogP contribution in [-0.4, -0.2) is 35.3 Å². The van der Waals surface area contributed by atoms with Crippen LogP contribution in [0.25, 0.3) is 5.65 Å². The van der Waals surface area contributed by atoms with Gasteiger partial charge in [0.2, 0.25) is 5.95 Å². The van der Waals surface area contributed by atoms with Gasteiger partial charge in [-0.2, -0.15) is 18.3 Å². The summed E-state index contributed by atoms with van der Waals surface area (Å²) < 4.78 is 55.6. The molecule has 1 N–H and O–H groups in total. The normalized spacial score (nSPS) is 11.8. The van der Waals surface area contributed by atoms with Gasteiger partial charge in [0.25, 0.3) is 5.91 Å². The topological polar surface area (TPSA) is 90.0 Å². The third kappa shape index (κ3) is 4.13. The predicted octanol–water partition coefficient (Wildman–Crippen LogP) is 3.85. The van der Waals surface area contributed by atoms with Crippen LogP contribution >= 0.6 is 15.9 Å². The number of nitrogens with zero attached hydrogens (tertiary/aromatic N) is 6. The number of carbonyl (C=O) groups is 1. The largest absolute Gasteiger partial charge is 0.433 e. The number of fused-ring (bicyclic) bond motifs is 1. The molecule has 0 unspecified atom stereocenters. The van der Waals surface area contributed by atoms with Crippen LogP contribution in [0.15, 0.2) is 41.1 Å². The predicted molar refractivity (Wildman–Crippen MR) is 104 cm³/mol. The maximum Gasteiger partial charge on any atom is 0.433 e. The molecule has 0 saturated carbocycles. The van der Waals surface area contributed by atoms with E-state index in [0.29, 0.717) is 10.1 Å². The van der Waals surface area contributed by atoms with Gasteiger partial charge in [-0.15, -0.1) is 5.10 Å². The Morgan fingerprint density at radius 1 is 1.23 bits per heavy atom. The maximum absolute atomic E-state index is 13.8. The monoisotopic (exact) mass is 497 g/mol. The molecule has 0 atom stereocenters. The lowest BCUT2D eigenvalue weighted by atomic mass is 10.2. The third-order valence-electron chi connectivity index (χ3n) is 4.22. The van der Waals surface area contributed by atoms with Crippen LogP contribution < -0.4 is 5.32 Å². The SMILES string of the molecule is Cc1cc(C(F)(F)F)n2nc(C(=O)Nc3ncn(Cc4ccccc4F)n3)c(Br)c2n1. The van der Waals surface area contributed by atoms with E-state index in [0.717, 1.165) is 6.07 Å². The quantitative estimate of drug-likeness (QED) is 0.432. The summed E-state index contributed by atoms with van der Waals surface area (Å²) in [7, 11) is 0. The maximum atomic E-state index is 13.8. The van der Waals surface area contributed by atoms with E-state index in [2.05, 4.69) is 41.4 Å². The van der Waals surface area contributed by atoms with E-state index < -0.39 is 23.6 Å². The summed E-state index contributed by atoms with van der Waals surface area (Å²) in [5, 5.41) is 10.2. The van der Waals surface area contributed by atoms with Crippen LogP contribution in [0.4, 0.5) is 23.5 Å². The first kappa shape index (κ1) is 20.9. The highest BCUT2D eigenvalue weighted by atomic mass is 79.9. The average Bonchev–Trinajstić information content (AvgIpc) is 3.27. The van der Waals surface area contributed by atoms with Gasteiger partial charge < -0.3 is 0 Å². The number of aromatic nitrogens is 6. The third-order valence-corrected chi connectivity index (χ3v) is 4.95. The summed E-state index contributed by atoms with van der Waals surface area (Å²) in [6.07, 6.45) is -3.41. The minimum Gasteiger partial charge on any atom is -0.288 e. The van der Waals surface area contributed by atoms with Gasteiger partial charge in [-0.25, -0.2) is 23.6 Å². The van der Waals surface area contributed by atoms with Crippen LogP contribution in [0.1, 0.15) is 27.4 Å². The van der Waals surface area contributed by atoms with E-state index in [-0.39, 0.29) is 34.0 Å². The first-order valence-corrected chi connectivity index (χ1v) is 9.50. The Morgan fingerprint density at radius 3 is 2.68 bits per heavy atom. The Hall–Kier alpha value is -3.35. The highest BCUT2D eigenvalue weighted by Gasteiger charge is 2.36. The van der Waals surface area contributed by atoms with Gasteiger partial charge >= 0.3 is 6.18 Å². The fourth-order valence-electron chi connectivity index (χ4n) is 2.85. The average molecular weight is 498 g/mol. The first-order valence-electron chi connectivity index (χ1n) is 8.71. The van der Waals surface area contributed by atoms with Gasteiger partial charge in [-0.1, -0.05) is 18.2 Å². The molecular weight excluding hydrogens is 486 g/mol. The van der Waals surface area contributed by atoms with Crippen molar-refractivity contribution in [3.8, 4) is 0 Å². The van der Waals surface area contributed by atoms with Gasteiger partial charge in [0.15, 0.2) is 11.3 Å². The van der Waals surface area contributed by atoms with E-state index in [9.17, 15) is 22.4 Å². The zero-order valence-electron chi connectivity index (χ0n) is 15.7. The number of halogens is 5. The van der Waals surface area contributed by atoms with Crippen LogP contribution in [0.5, 0.6) is 0 Å². The second-order valence-corrected chi connectivity index (χ2v) is 7.28. The number of hydrogen-bond acceptors (Lipinski definition) is 5. The van der Waals surface area contributed by atoms with Gasteiger partial charge in [0.05, 0.1) is 11.0 Å². The minimum absolute atomic E-state index is 0.00927. The van der Waals surface area contributed by atoms with Crippen molar-refractivity contribution >= 4 is 33.4 Å². The van der Waals surface area contributed by atoms with E-state index in [4.69, 9.17) is 0 Å². The van der Waals surface area contributed by atoms with Gasteiger partial charge in [-0.05, 0) is 35.0 Å². The number of benzene rings is 1. The Bertz CT molecular complexity index is 1300. The molecule has 3 aromatic heterocycles. The number of anilines is 1. The summed E-state index contributed by atoms with van der Waals surface area (Å²) >= 11 is 3.10. The number of nitrogens with one attached hydrogen (secondary N) is 1. The number of alkyl halides is 3. The zero-order valence-corrected chi connectivity index (χ0v) is 17.2. The molecule has 0 aliphatic rings. The summed E-state index contributed by atoms with van der Waals surface area (Å²) in [5.74, 6) is -1.38. The summed E-state index contributed by atoms with van der Waals surface area (Å²) in [6, 6.07) is 6.94. The van der Waals surface area contributed by atoms with E-state index in [1.54, 1.807) is 18.2 Å². The number of aryl methyl sites for hydroxylation is 1. The Morgan fingerprint density at radius 2 is 1.97 bits per heavy atom. The zero-order chi connectivity index (χ0) is 22.3. The number of rotatable bonds is 4. The van der Waals surface area contributed by atoms with Crippen molar-refractivity contribution in [1.82, 2.24) is 29.4 Å². The summed E-state index contributed by atoms with van der Waals surface area (Å²) in [6.45, 7) is 1.48. The molecule has 0 saturated heterocycles. The van der Waals surface area contributed by atoms with E-state index >= 15 is 0 Å². The molecule has 0 bridgehead atoms. The van der Waals surface area contributed by atoms with Gasteiger partial charge in [-0.3, -0.25) is 10.1 Å². The molecule has 1 aromatic carbocycles. The number of carbonyl (C=O) groups excluding carboxylic acids is 1. The lowest BCUT2D eigenvalue weighted by Crippen LogP contribution is -2.16. The second kappa shape index (κ2) is 7.72. The Balaban J connectivity index is 1.60. The molecule has 0 fully saturated rings. The van der Waals surface area contributed by atoms with Gasteiger partial charge in [0, 0.05) is 11.3 Å². The summed E-state index contributed by atoms with van der Waals surface area (Å²) in [5.41, 5.74) is -1.07. The van der Waals surface area contributed by atoms with E-state index in [1.807, 2.05) is 0 Å². The standard InChI is InChI=1S/C18H12BrF4N7O/c1-9-6-12(18(21,22)23)30-15(25-9)13(19)14(27-30)16(31)26-17-24-8-29(28-17)7-10-4-2-3-5-11(10)20/h2-6,8H,7H2,1H3,(H,26,28,31). The highest BCUT2D eigenvalue weighted by Crippen LogP contribution is 2.32. The number of amides is 1. The highest BCUT2D eigenvalue weighted by molar-refractivity contribution is 9.10. The fraction of sp³-hybridized carbons (Fsp3) is 0.167. The van der Waals surface area contributed by atoms with Crippen LogP contribution in [0, 0.1) is 12.7 Å². The lowest BCUT2D eigenvalue weighted by molar-refractivity contribution is -0.142. The smallest absolute Gasteiger partial charge is 0.288 e. The molecule has 0 radical (unpaired) electrons. The first-order chi connectivity index (χ1) is 14.6. The van der Waals surface area contributed by atoms with Crippen molar-refractivity contribution in [2.24, 2.45) is 0 Å². The van der Waals surface area contributed by atoms with Crippen molar-refractivity contribution < 1.29 is 22.4 Å². The van der Waals surface area contributed by atoms with Crippen LogP contribution in [-0.2, 0) is 12.7 Å². The van der Waals surface area contributed by atoms with Crippen LogP contribution in [0.3, 0.4) is 0 Å². The second-order valence-electron chi connectivity index (χ2n) is 6.49. The minimum atomic E-state index is -4.70.